The lowest BCUT2D eigenvalue weighted by atomic mass is 10.2. The molecule has 0 fully saturated rings. The summed E-state index contributed by atoms with van der Waals surface area (Å²) in [5.74, 6) is 0. The molecule has 1 aromatic carbocycles. The molecule has 0 aliphatic carbocycles. The van der Waals surface area contributed by atoms with Crippen LogP contribution in [0.1, 0.15) is 5.56 Å². The highest BCUT2D eigenvalue weighted by atomic mass is 16.6. The Bertz CT molecular complexity index is 294. The molecule has 0 N–H and O–H groups in total. The van der Waals surface area contributed by atoms with Crippen LogP contribution in [0, 0.1) is 16.2 Å². The van der Waals surface area contributed by atoms with Crippen molar-refractivity contribution in [2.75, 3.05) is 0 Å². The van der Waals surface area contributed by atoms with Gasteiger partial charge in [0.15, 0.2) is 0 Å². The van der Waals surface area contributed by atoms with Crippen molar-refractivity contribution in [3.05, 3.63) is 52.6 Å². The van der Waals surface area contributed by atoms with Gasteiger partial charge in [-0.3, -0.25) is 10.1 Å². The number of rotatable bonds is 2. The third kappa shape index (κ3) is 1.64. The Hall–Kier alpha value is -1.64. The Morgan fingerprint density at radius 1 is 1.55 bits per heavy atom. The molecule has 3 nitrogen and oxygen atoms in total. The van der Waals surface area contributed by atoms with E-state index in [1.165, 1.54) is 12.1 Å². The summed E-state index contributed by atoms with van der Waals surface area (Å²) in [4.78, 5) is 9.78. The first-order valence-corrected chi connectivity index (χ1v) is 3.01. The number of nitro benzene ring substituents is 1. The van der Waals surface area contributed by atoms with E-state index in [0.717, 1.165) is 0 Å². The van der Waals surface area contributed by atoms with Crippen LogP contribution < -0.4 is 0 Å². The number of non-ortho nitro benzene ring substituents is 1. The summed E-state index contributed by atoms with van der Waals surface area (Å²) in [6.45, 7) is 3.38. The van der Waals surface area contributed by atoms with Crippen molar-refractivity contribution >= 4 is 5.69 Å². The van der Waals surface area contributed by atoms with Gasteiger partial charge in [0.05, 0.1) is 4.92 Å². The van der Waals surface area contributed by atoms with Crippen LogP contribution in [0.3, 0.4) is 0 Å². The second-order valence-electron chi connectivity index (χ2n) is 1.98. The number of hydrogen-bond donors (Lipinski definition) is 0. The minimum absolute atomic E-state index is 0.0682. The van der Waals surface area contributed by atoms with Crippen LogP contribution >= 0.6 is 0 Å². The molecule has 0 aliphatic rings. The average Bonchev–Trinajstić information content (AvgIpc) is 2.05. The largest absolute Gasteiger partial charge is 0.270 e. The Morgan fingerprint density at radius 3 is 2.82 bits per heavy atom. The molecule has 1 aromatic rings. The lowest BCUT2D eigenvalue weighted by Gasteiger charge is -1.91. The third-order valence-electron chi connectivity index (χ3n) is 1.26. The fourth-order valence-corrected chi connectivity index (χ4v) is 0.729. The maximum Gasteiger partial charge on any atom is 0.270 e. The number of benzene rings is 1. The monoisotopic (exact) mass is 148 g/mol. The van der Waals surface area contributed by atoms with Crippen LogP contribution in [-0.4, -0.2) is 4.92 Å². The molecule has 0 heterocycles. The molecule has 3 heteroatoms. The molecule has 1 rings (SSSR count). The van der Waals surface area contributed by atoms with E-state index in [2.05, 4.69) is 12.7 Å². The minimum Gasteiger partial charge on any atom is -0.258 e. The van der Waals surface area contributed by atoms with Gasteiger partial charge in [0.25, 0.3) is 5.69 Å². The lowest BCUT2D eigenvalue weighted by Crippen LogP contribution is -1.87. The second kappa shape index (κ2) is 2.96. The molecule has 0 spiro atoms. The Labute approximate surface area is 64.1 Å². The molecule has 0 saturated heterocycles. The second-order valence-corrected chi connectivity index (χ2v) is 1.98. The van der Waals surface area contributed by atoms with Crippen molar-refractivity contribution in [1.82, 2.24) is 0 Å². The van der Waals surface area contributed by atoms with Crippen LogP contribution in [0.15, 0.2) is 30.8 Å². The average molecular weight is 148 g/mol. The van der Waals surface area contributed by atoms with E-state index in [0.29, 0.717) is 5.56 Å². The van der Waals surface area contributed by atoms with Crippen molar-refractivity contribution in [3.63, 3.8) is 0 Å². The molecule has 0 amide bonds. The molecular formula is C8H6NO2. The standard InChI is InChI=1S/C8H6NO2/c1-2-7-4-3-5-8(6-7)9(10)11/h3-6H,1H2. The fraction of sp³-hybridized carbons (Fsp3) is 0. The topological polar surface area (TPSA) is 43.1 Å². The summed E-state index contributed by atoms with van der Waals surface area (Å²) in [5.41, 5.74) is 0.706. The fourth-order valence-electron chi connectivity index (χ4n) is 0.729. The van der Waals surface area contributed by atoms with E-state index >= 15 is 0 Å². The SMILES string of the molecule is C=[C]c1cccc([N+](=O)[O-])c1. The highest BCUT2D eigenvalue weighted by Crippen LogP contribution is 2.12. The van der Waals surface area contributed by atoms with Gasteiger partial charge in [-0.1, -0.05) is 18.7 Å². The zero-order valence-electron chi connectivity index (χ0n) is 5.78. The highest BCUT2D eigenvalue weighted by molar-refractivity contribution is 5.36. The van der Waals surface area contributed by atoms with Crippen molar-refractivity contribution in [2.24, 2.45) is 0 Å². The van der Waals surface area contributed by atoms with Crippen LogP contribution in [0.2, 0.25) is 0 Å². The molecule has 0 unspecified atom stereocenters. The summed E-state index contributed by atoms with van der Waals surface area (Å²) < 4.78 is 0. The number of nitro groups is 1. The van der Waals surface area contributed by atoms with E-state index in [9.17, 15) is 10.1 Å². The quantitative estimate of drug-likeness (QED) is 0.475. The molecule has 0 atom stereocenters. The first kappa shape index (κ1) is 7.47. The number of hydrogen-bond acceptors (Lipinski definition) is 2. The zero-order valence-corrected chi connectivity index (χ0v) is 5.78. The molecule has 0 bridgehead atoms. The first-order valence-electron chi connectivity index (χ1n) is 3.01. The van der Waals surface area contributed by atoms with Gasteiger partial charge < -0.3 is 0 Å². The van der Waals surface area contributed by atoms with Gasteiger partial charge in [-0.25, -0.2) is 0 Å². The summed E-state index contributed by atoms with van der Waals surface area (Å²) in [7, 11) is 0. The Balaban J connectivity index is 3.10. The van der Waals surface area contributed by atoms with Gasteiger partial charge >= 0.3 is 0 Å². The molecule has 0 aromatic heterocycles. The van der Waals surface area contributed by atoms with Crippen LogP contribution in [0.25, 0.3) is 0 Å². The van der Waals surface area contributed by atoms with Crippen molar-refractivity contribution in [2.45, 2.75) is 0 Å². The van der Waals surface area contributed by atoms with Crippen molar-refractivity contribution < 1.29 is 4.92 Å². The molecule has 0 saturated carbocycles. The smallest absolute Gasteiger partial charge is 0.258 e. The summed E-state index contributed by atoms with van der Waals surface area (Å²) in [5, 5.41) is 10.2. The highest BCUT2D eigenvalue weighted by Gasteiger charge is 2.02. The van der Waals surface area contributed by atoms with E-state index in [4.69, 9.17) is 0 Å². The van der Waals surface area contributed by atoms with E-state index in [-0.39, 0.29) is 5.69 Å². The van der Waals surface area contributed by atoms with Gasteiger partial charge in [0.1, 0.15) is 0 Å². The predicted octanol–water partition coefficient (Wildman–Crippen LogP) is 1.93. The van der Waals surface area contributed by atoms with Crippen LogP contribution in [-0.2, 0) is 0 Å². The van der Waals surface area contributed by atoms with E-state index < -0.39 is 4.92 Å². The van der Waals surface area contributed by atoms with E-state index in [1.807, 2.05) is 0 Å². The van der Waals surface area contributed by atoms with Gasteiger partial charge in [-0.2, -0.15) is 0 Å². The molecular weight excluding hydrogens is 142 g/mol. The summed E-state index contributed by atoms with van der Waals surface area (Å²) in [6.07, 6.45) is 2.57. The van der Waals surface area contributed by atoms with Gasteiger partial charge in [0, 0.05) is 12.1 Å². The molecule has 1 radical (unpaired) electrons. The van der Waals surface area contributed by atoms with Crippen molar-refractivity contribution in [1.29, 1.82) is 0 Å². The summed E-state index contributed by atoms with van der Waals surface area (Å²) >= 11 is 0. The number of nitrogens with zero attached hydrogens (tertiary/aromatic N) is 1. The van der Waals surface area contributed by atoms with Gasteiger partial charge in [-0.05, 0) is 11.6 Å². The predicted molar refractivity (Wildman–Crippen MR) is 41.1 cm³/mol. The Morgan fingerprint density at radius 2 is 2.27 bits per heavy atom. The molecule has 11 heavy (non-hydrogen) atoms. The summed E-state index contributed by atoms with van der Waals surface area (Å²) in [6, 6.07) is 6.17. The van der Waals surface area contributed by atoms with Crippen LogP contribution in [0.5, 0.6) is 0 Å². The lowest BCUT2D eigenvalue weighted by molar-refractivity contribution is -0.384. The maximum absolute atomic E-state index is 10.2. The van der Waals surface area contributed by atoms with E-state index in [1.54, 1.807) is 12.1 Å². The Kier molecular flexibility index (Phi) is 2.01. The molecule has 55 valence electrons. The van der Waals surface area contributed by atoms with Crippen molar-refractivity contribution in [3.8, 4) is 0 Å². The third-order valence-corrected chi connectivity index (χ3v) is 1.26. The van der Waals surface area contributed by atoms with Crippen LogP contribution in [0.4, 0.5) is 5.69 Å². The first-order chi connectivity index (χ1) is 5.24. The van der Waals surface area contributed by atoms with Gasteiger partial charge in [-0.15, -0.1) is 0 Å². The maximum atomic E-state index is 10.2. The molecule has 0 aliphatic heterocycles. The van der Waals surface area contributed by atoms with Gasteiger partial charge in [0.2, 0.25) is 0 Å². The minimum atomic E-state index is -0.444. The zero-order chi connectivity index (χ0) is 8.27. The normalized spacial score (nSPS) is 9.09.